The standard InChI is InChI=1S/C27H34N4O4/c1-18(2)14-26(33)30(19(3)4)17-25(32)29-27-28-24(20-8-7-9-23(15-20)35-6)16-31(27)21-10-12-22(34-5)13-11-21/h7-13,15-16,18-19H,14,17H2,1-6H3,(H,28,29,32). The number of amides is 2. The van der Waals surface area contributed by atoms with Crippen LogP contribution in [0.4, 0.5) is 5.95 Å². The predicted octanol–water partition coefficient (Wildman–Crippen LogP) is 4.78. The maximum Gasteiger partial charge on any atom is 0.246 e. The van der Waals surface area contributed by atoms with Gasteiger partial charge in [-0.2, -0.15) is 0 Å². The van der Waals surface area contributed by atoms with E-state index in [2.05, 4.69) is 5.32 Å². The summed E-state index contributed by atoms with van der Waals surface area (Å²) in [6.07, 6.45) is 2.25. The van der Waals surface area contributed by atoms with Gasteiger partial charge < -0.3 is 14.4 Å². The quantitative estimate of drug-likeness (QED) is 0.453. The molecule has 2 amide bonds. The van der Waals surface area contributed by atoms with Gasteiger partial charge in [-0.05, 0) is 56.2 Å². The molecule has 0 saturated carbocycles. The van der Waals surface area contributed by atoms with Gasteiger partial charge in [0, 0.05) is 29.9 Å². The van der Waals surface area contributed by atoms with Gasteiger partial charge in [-0.1, -0.05) is 26.0 Å². The zero-order valence-corrected chi connectivity index (χ0v) is 21.2. The van der Waals surface area contributed by atoms with Crippen molar-refractivity contribution >= 4 is 17.8 Å². The molecule has 0 bridgehead atoms. The minimum atomic E-state index is -0.312. The molecule has 0 aliphatic heterocycles. The summed E-state index contributed by atoms with van der Waals surface area (Å²) in [6, 6.07) is 14.9. The highest BCUT2D eigenvalue weighted by atomic mass is 16.5. The third kappa shape index (κ3) is 6.62. The summed E-state index contributed by atoms with van der Waals surface area (Å²) in [4.78, 5) is 32.0. The molecule has 0 unspecified atom stereocenters. The summed E-state index contributed by atoms with van der Waals surface area (Å²) in [5.41, 5.74) is 2.33. The second-order valence-corrected chi connectivity index (χ2v) is 9.01. The number of imidazole rings is 1. The zero-order valence-electron chi connectivity index (χ0n) is 21.2. The number of benzene rings is 2. The molecule has 0 aliphatic rings. The van der Waals surface area contributed by atoms with Crippen molar-refractivity contribution < 1.29 is 19.1 Å². The van der Waals surface area contributed by atoms with Crippen molar-refractivity contribution in [2.75, 3.05) is 26.1 Å². The van der Waals surface area contributed by atoms with Crippen molar-refractivity contribution in [1.82, 2.24) is 14.5 Å². The summed E-state index contributed by atoms with van der Waals surface area (Å²) >= 11 is 0. The molecule has 1 aromatic heterocycles. The van der Waals surface area contributed by atoms with Crippen molar-refractivity contribution in [3.05, 3.63) is 54.7 Å². The Kier molecular flexibility index (Phi) is 8.52. The fourth-order valence-electron chi connectivity index (χ4n) is 3.67. The number of methoxy groups -OCH3 is 2. The van der Waals surface area contributed by atoms with Crippen LogP contribution in [0.3, 0.4) is 0 Å². The van der Waals surface area contributed by atoms with E-state index in [9.17, 15) is 9.59 Å². The molecule has 8 heteroatoms. The first kappa shape index (κ1) is 25.8. The van der Waals surface area contributed by atoms with E-state index in [1.807, 2.05) is 87.0 Å². The number of hydrogen-bond acceptors (Lipinski definition) is 5. The molecule has 3 aromatic rings. The van der Waals surface area contributed by atoms with Gasteiger partial charge in [-0.15, -0.1) is 0 Å². The zero-order chi connectivity index (χ0) is 25.5. The summed E-state index contributed by atoms with van der Waals surface area (Å²) in [6.45, 7) is 7.74. The maximum absolute atomic E-state index is 13.0. The number of aromatic nitrogens is 2. The van der Waals surface area contributed by atoms with Crippen LogP contribution in [0.25, 0.3) is 16.9 Å². The normalized spacial score (nSPS) is 11.0. The molecule has 0 aliphatic carbocycles. The summed E-state index contributed by atoms with van der Waals surface area (Å²) in [5.74, 6) is 1.66. The Morgan fingerprint density at radius 2 is 1.69 bits per heavy atom. The largest absolute Gasteiger partial charge is 0.497 e. The highest BCUT2D eigenvalue weighted by molar-refractivity contribution is 5.94. The van der Waals surface area contributed by atoms with E-state index in [4.69, 9.17) is 14.5 Å². The van der Waals surface area contributed by atoms with Gasteiger partial charge in [-0.3, -0.25) is 19.5 Å². The van der Waals surface area contributed by atoms with Crippen molar-refractivity contribution in [3.63, 3.8) is 0 Å². The lowest BCUT2D eigenvalue weighted by molar-refractivity contribution is -0.137. The van der Waals surface area contributed by atoms with E-state index >= 15 is 0 Å². The van der Waals surface area contributed by atoms with Crippen LogP contribution in [0.1, 0.15) is 34.1 Å². The molecular formula is C27H34N4O4. The minimum absolute atomic E-state index is 0.0410. The molecule has 35 heavy (non-hydrogen) atoms. The lowest BCUT2D eigenvalue weighted by Crippen LogP contribution is -2.43. The van der Waals surface area contributed by atoms with Crippen molar-refractivity contribution in [2.24, 2.45) is 5.92 Å². The first-order valence-corrected chi connectivity index (χ1v) is 11.7. The number of rotatable bonds is 10. The fourth-order valence-corrected chi connectivity index (χ4v) is 3.67. The van der Waals surface area contributed by atoms with Crippen LogP contribution in [0.2, 0.25) is 0 Å². The van der Waals surface area contributed by atoms with E-state index in [1.165, 1.54) is 0 Å². The van der Waals surface area contributed by atoms with Crippen LogP contribution in [0.5, 0.6) is 11.5 Å². The molecule has 2 aromatic carbocycles. The second-order valence-electron chi connectivity index (χ2n) is 9.01. The molecule has 0 fully saturated rings. The average molecular weight is 479 g/mol. The first-order chi connectivity index (χ1) is 16.7. The first-order valence-electron chi connectivity index (χ1n) is 11.7. The molecule has 186 valence electrons. The Hall–Kier alpha value is -3.81. The molecule has 1 heterocycles. The maximum atomic E-state index is 13.0. The van der Waals surface area contributed by atoms with E-state index in [1.54, 1.807) is 19.1 Å². The highest BCUT2D eigenvalue weighted by Gasteiger charge is 2.22. The molecule has 0 spiro atoms. The Bertz CT molecular complexity index is 1150. The third-order valence-corrected chi connectivity index (χ3v) is 5.51. The van der Waals surface area contributed by atoms with Crippen molar-refractivity contribution in [3.8, 4) is 28.4 Å². The summed E-state index contributed by atoms with van der Waals surface area (Å²) < 4.78 is 12.4. The van der Waals surface area contributed by atoms with E-state index < -0.39 is 0 Å². The average Bonchev–Trinajstić information content (AvgIpc) is 3.25. The summed E-state index contributed by atoms with van der Waals surface area (Å²) in [5, 5.41) is 2.91. The Balaban J connectivity index is 1.93. The molecule has 3 rings (SSSR count). The fraction of sp³-hybridized carbons (Fsp3) is 0.370. The smallest absolute Gasteiger partial charge is 0.246 e. The molecular weight excluding hydrogens is 444 g/mol. The van der Waals surface area contributed by atoms with Crippen LogP contribution in [-0.4, -0.2) is 53.1 Å². The van der Waals surface area contributed by atoms with Crippen LogP contribution in [0.15, 0.2) is 54.7 Å². The molecule has 0 atom stereocenters. The Labute approximate surface area is 206 Å². The van der Waals surface area contributed by atoms with Crippen LogP contribution in [0, 0.1) is 5.92 Å². The van der Waals surface area contributed by atoms with Gasteiger partial charge in [0.1, 0.15) is 18.0 Å². The van der Waals surface area contributed by atoms with E-state index in [0.717, 1.165) is 17.0 Å². The number of nitrogens with zero attached hydrogens (tertiary/aromatic N) is 3. The molecule has 0 radical (unpaired) electrons. The van der Waals surface area contributed by atoms with Gasteiger partial charge >= 0.3 is 0 Å². The topological polar surface area (TPSA) is 85.7 Å². The number of carbonyl (C=O) groups excluding carboxylic acids is 2. The van der Waals surface area contributed by atoms with Gasteiger partial charge in [0.25, 0.3) is 0 Å². The molecule has 8 nitrogen and oxygen atoms in total. The van der Waals surface area contributed by atoms with E-state index in [-0.39, 0.29) is 30.3 Å². The van der Waals surface area contributed by atoms with Gasteiger partial charge in [0.05, 0.1) is 19.9 Å². The SMILES string of the molecule is COc1ccc(-n2cc(-c3cccc(OC)c3)nc2NC(=O)CN(C(=O)CC(C)C)C(C)C)cc1. The van der Waals surface area contributed by atoms with Crippen LogP contribution in [-0.2, 0) is 9.59 Å². The lowest BCUT2D eigenvalue weighted by Gasteiger charge is -2.27. The second kappa shape index (κ2) is 11.6. The minimum Gasteiger partial charge on any atom is -0.497 e. The monoisotopic (exact) mass is 478 g/mol. The number of hydrogen-bond donors (Lipinski definition) is 1. The predicted molar refractivity (Wildman–Crippen MR) is 137 cm³/mol. The van der Waals surface area contributed by atoms with E-state index in [0.29, 0.717) is 23.8 Å². The Morgan fingerprint density at radius 3 is 2.29 bits per heavy atom. The van der Waals surface area contributed by atoms with Crippen molar-refractivity contribution in [1.29, 1.82) is 0 Å². The number of anilines is 1. The highest BCUT2D eigenvalue weighted by Crippen LogP contribution is 2.27. The number of carbonyl (C=O) groups is 2. The van der Waals surface area contributed by atoms with Crippen LogP contribution < -0.4 is 14.8 Å². The van der Waals surface area contributed by atoms with Crippen molar-refractivity contribution in [2.45, 2.75) is 40.2 Å². The molecule has 1 N–H and O–H groups in total. The van der Waals surface area contributed by atoms with Gasteiger partial charge in [-0.25, -0.2) is 4.98 Å². The van der Waals surface area contributed by atoms with Crippen LogP contribution >= 0.6 is 0 Å². The number of ether oxygens (including phenoxy) is 2. The van der Waals surface area contributed by atoms with Gasteiger partial charge in [0.2, 0.25) is 17.8 Å². The molecule has 0 saturated heterocycles. The summed E-state index contributed by atoms with van der Waals surface area (Å²) in [7, 11) is 3.22. The van der Waals surface area contributed by atoms with Gasteiger partial charge in [0.15, 0.2) is 0 Å². The number of nitrogens with one attached hydrogen (secondary N) is 1. The third-order valence-electron chi connectivity index (χ3n) is 5.51. The lowest BCUT2D eigenvalue weighted by atomic mass is 10.1. The Morgan fingerprint density at radius 1 is 1.00 bits per heavy atom.